The lowest BCUT2D eigenvalue weighted by molar-refractivity contribution is -0.385. The number of amides is 1. The molecule has 0 radical (unpaired) electrons. The molecular formula is C13H19N3O4. The number of carbonyl (C=O) groups is 1. The molecule has 7 heteroatoms. The van der Waals surface area contributed by atoms with Gasteiger partial charge in [0.25, 0.3) is 11.6 Å². The van der Waals surface area contributed by atoms with Crippen LogP contribution in [-0.2, 0) is 4.74 Å². The van der Waals surface area contributed by atoms with E-state index in [-0.39, 0.29) is 11.3 Å². The lowest BCUT2D eigenvalue weighted by atomic mass is 10.1. The third-order valence-corrected chi connectivity index (χ3v) is 2.83. The quantitative estimate of drug-likeness (QED) is 0.467. The summed E-state index contributed by atoms with van der Waals surface area (Å²) in [6.07, 6.45) is 0. The van der Waals surface area contributed by atoms with E-state index in [1.807, 2.05) is 6.92 Å². The van der Waals surface area contributed by atoms with Crippen LogP contribution in [0.1, 0.15) is 17.3 Å². The monoisotopic (exact) mass is 281 g/mol. The third kappa shape index (κ3) is 3.92. The predicted molar refractivity (Wildman–Crippen MR) is 76.1 cm³/mol. The molecule has 0 fully saturated rings. The number of ether oxygens (including phenoxy) is 1. The predicted octanol–water partition coefficient (Wildman–Crippen LogP) is 1.74. The van der Waals surface area contributed by atoms with E-state index in [1.165, 1.54) is 17.0 Å². The Hall–Kier alpha value is -2.15. The normalized spacial score (nSPS) is 10.2. The first-order valence-electron chi connectivity index (χ1n) is 6.30. The van der Waals surface area contributed by atoms with Gasteiger partial charge in [-0.1, -0.05) is 0 Å². The molecule has 7 nitrogen and oxygen atoms in total. The number of rotatable bonds is 7. The van der Waals surface area contributed by atoms with Crippen molar-refractivity contribution in [3.63, 3.8) is 0 Å². The van der Waals surface area contributed by atoms with Gasteiger partial charge >= 0.3 is 0 Å². The summed E-state index contributed by atoms with van der Waals surface area (Å²) in [5.41, 5.74) is 0.523. The van der Waals surface area contributed by atoms with Crippen LogP contribution in [0.5, 0.6) is 0 Å². The van der Waals surface area contributed by atoms with Crippen molar-refractivity contribution in [3.8, 4) is 0 Å². The molecule has 0 aliphatic rings. The van der Waals surface area contributed by atoms with Crippen LogP contribution in [-0.4, -0.2) is 49.6 Å². The molecule has 0 aliphatic heterocycles. The van der Waals surface area contributed by atoms with Gasteiger partial charge in [0.05, 0.1) is 11.5 Å². The smallest absolute Gasteiger partial charge is 0.282 e. The van der Waals surface area contributed by atoms with Crippen LogP contribution in [0.3, 0.4) is 0 Å². The largest absolute Gasteiger partial charge is 0.388 e. The van der Waals surface area contributed by atoms with Gasteiger partial charge in [-0.05, 0) is 19.1 Å². The summed E-state index contributed by atoms with van der Waals surface area (Å²) in [5, 5.41) is 13.9. The Bertz CT molecular complexity index is 491. The molecular weight excluding hydrogens is 262 g/mol. The average Bonchev–Trinajstić information content (AvgIpc) is 2.45. The maximum Gasteiger partial charge on any atom is 0.282 e. The number of nitro groups is 1. The number of benzene rings is 1. The standard InChI is InChI=1S/C13H19N3O4/c1-4-20-8-7-15(3)13(17)11-9-10(14-2)5-6-12(11)16(18)19/h5-6,9,14H,4,7-8H2,1-3H3. The van der Waals surface area contributed by atoms with Crippen LogP contribution in [0.4, 0.5) is 11.4 Å². The van der Waals surface area contributed by atoms with E-state index in [0.29, 0.717) is 25.4 Å². The van der Waals surface area contributed by atoms with Crippen molar-refractivity contribution < 1.29 is 14.5 Å². The first kappa shape index (κ1) is 15.9. The molecule has 1 aromatic carbocycles. The highest BCUT2D eigenvalue weighted by Crippen LogP contribution is 2.23. The Kier molecular flexibility index (Phi) is 5.92. The van der Waals surface area contributed by atoms with Gasteiger partial charge in [0.2, 0.25) is 0 Å². The molecule has 0 aliphatic carbocycles. The van der Waals surface area contributed by atoms with Crippen molar-refractivity contribution in [1.82, 2.24) is 4.90 Å². The van der Waals surface area contributed by atoms with Gasteiger partial charge in [0.1, 0.15) is 5.56 Å². The Balaban J connectivity index is 2.97. The van der Waals surface area contributed by atoms with E-state index < -0.39 is 10.8 Å². The summed E-state index contributed by atoms with van der Waals surface area (Å²) in [5.74, 6) is -0.395. The van der Waals surface area contributed by atoms with E-state index in [4.69, 9.17) is 4.74 Å². The summed E-state index contributed by atoms with van der Waals surface area (Å²) in [6, 6.07) is 4.38. The van der Waals surface area contributed by atoms with Gasteiger partial charge in [0.15, 0.2) is 0 Å². The van der Waals surface area contributed by atoms with Crippen molar-refractivity contribution in [2.24, 2.45) is 0 Å². The topological polar surface area (TPSA) is 84.7 Å². The number of hydrogen-bond donors (Lipinski definition) is 1. The lowest BCUT2D eigenvalue weighted by Crippen LogP contribution is -2.30. The van der Waals surface area contributed by atoms with Crippen LogP contribution >= 0.6 is 0 Å². The third-order valence-electron chi connectivity index (χ3n) is 2.83. The van der Waals surface area contributed by atoms with E-state index in [9.17, 15) is 14.9 Å². The molecule has 0 saturated carbocycles. The minimum absolute atomic E-state index is 0.0702. The fraction of sp³-hybridized carbons (Fsp3) is 0.462. The second-order valence-electron chi connectivity index (χ2n) is 4.16. The van der Waals surface area contributed by atoms with Crippen molar-refractivity contribution >= 4 is 17.3 Å². The molecule has 0 bridgehead atoms. The Labute approximate surface area is 117 Å². The maximum atomic E-state index is 12.3. The summed E-state index contributed by atoms with van der Waals surface area (Å²) in [6.45, 7) is 3.21. The maximum absolute atomic E-state index is 12.3. The highest BCUT2D eigenvalue weighted by Gasteiger charge is 2.23. The molecule has 20 heavy (non-hydrogen) atoms. The second-order valence-corrected chi connectivity index (χ2v) is 4.16. The Morgan fingerprint density at radius 2 is 2.20 bits per heavy atom. The van der Waals surface area contributed by atoms with Crippen LogP contribution in [0.25, 0.3) is 0 Å². The number of nitro benzene ring substituents is 1. The average molecular weight is 281 g/mol. The van der Waals surface area contributed by atoms with Crippen molar-refractivity contribution in [1.29, 1.82) is 0 Å². The van der Waals surface area contributed by atoms with Crippen LogP contribution < -0.4 is 5.32 Å². The van der Waals surface area contributed by atoms with Crippen molar-refractivity contribution in [2.75, 3.05) is 39.2 Å². The highest BCUT2D eigenvalue weighted by atomic mass is 16.6. The SMILES string of the molecule is CCOCCN(C)C(=O)c1cc(NC)ccc1[N+](=O)[O-]. The number of likely N-dealkylation sites (N-methyl/N-ethyl adjacent to an activating group) is 1. The lowest BCUT2D eigenvalue weighted by Gasteiger charge is -2.17. The fourth-order valence-electron chi connectivity index (χ4n) is 1.68. The van der Waals surface area contributed by atoms with Crippen LogP contribution in [0.2, 0.25) is 0 Å². The fourth-order valence-corrected chi connectivity index (χ4v) is 1.68. The van der Waals surface area contributed by atoms with E-state index in [0.717, 1.165) is 0 Å². The van der Waals surface area contributed by atoms with E-state index in [2.05, 4.69) is 5.32 Å². The number of nitrogens with one attached hydrogen (secondary N) is 1. The zero-order valence-corrected chi connectivity index (χ0v) is 11.9. The molecule has 0 heterocycles. The number of anilines is 1. The summed E-state index contributed by atoms with van der Waals surface area (Å²) in [7, 11) is 3.28. The first-order chi connectivity index (χ1) is 9.51. The van der Waals surface area contributed by atoms with Crippen molar-refractivity contribution in [2.45, 2.75) is 6.92 Å². The molecule has 0 aromatic heterocycles. The van der Waals surface area contributed by atoms with Crippen LogP contribution in [0.15, 0.2) is 18.2 Å². The molecule has 1 rings (SSSR count). The summed E-state index contributed by atoms with van der Waals surface area (Å²) in [4.78, 5) is 24.1. The highest BCUT2D eigenvalue weighted by molar-refractivity contribution is 5.99. The number of carbonyl (C=O) groups excluding carboxylic acids is 1. The molecule has 1 N–H and O–H groups in total. The summed E-state index contributed by atoms with van der Waals surface area (Å²) >= 11 is 0. The zero-order valence-electron chi connectivity index (χ0n) is 11.9. The minimum Gasteiger partial charge on any atom is -0.388 e. The first-order valence-corrected chi connectivity index (χ1v) is 6.30. The second kappa shape index (κ2) is 7.44. The number of hydrogen-bond acceptors (Lipinski definition) is 5. The molecule has 0 spiro atoms. The van der Waals surface area contributed by atoms with Gasteiger partial charge in [-0.15, -0.1) is 0 Å². The van der Waals surface area contributed by atoms with E-state index in [1.54, 1.807) is 20.2 Å². The molecule has 110 valence electrons. The molecule has 0 atom stereocenters. The summed E-state index contributed by atoms with van der Waals surface area (Å²) < 4.78 is 5.17. The van der Waals surface area contributed by atoms with Crippen molar-refractivity contribution in [3.05, 3.63) is 33.9 Å². The van der Waals surface area contributed by atoms with Gasteiger partial charge in [-0.3, -0.25) is 14.9 Å². The van der Waals surface area contributed by atoms with Crippen LogP contribution in [0, 0.1) is 10.1 Å². The van der Waals surface area contributed by atoms with Gasteiger partial charge in [-0.2, -0.15) is 0 Å². The Morgan fingerprint density at radius 3 is 2.75 bits per heavy atom. The molecule has 0 unspecified atom stereocenters. The molecule has 0 saturated heterocycles. The van der Waals surface area contributed by atoms with Gasteiger partial charge in [0, 0.05) is 39.0 Å². The van der Waals surface area contributed by atoms with Gasteiger partial charge < -0.3 is 15.0 Å². The number of nitrogens with zero attached hydrogens (tertiary/aromatic N) is 2. The minimum atomic E-state index is -0.553. The Morgan fingerprint density at radius 1 is 1.50 bits per heavy atom. The molecule has 1 amide bonds. The van der Waals surface area contributed by atoms with Gasteiger partial charge in [-0.25, -0.2) is 0 Å². The zero-order chi connectivity index (χ0) is 15.1. The van der Waals surface area contributed by atoms with E-state index >= 15 is 0 Å². The molecule has 1 aromatic rings.